The zero-order valence-electron chi connectivity index (χ0n) is 39.0. The molecule has 1 spiro atoms. The molecule has 11 heteroatoms. The molecule has 0 unspecified atom stereocenters. The topological polar surface area (TPSA) is 138 Å². The van der Waals surface area contributed by atoms with Crippen LogP contribution >= 0.6 is 12.2 Å². The van der Waals surface area contributed by atoms with E-state index >= 15 is 0 Å². The summed E-state index contributed by atoms with van der Waals surface area (Å²) in [5.41, 5.74) is 3.71. The summed E-state index contributed by atoms with van der Waals surface area (Å²) >= 11 is 5.60. The average molecular weight is 904 g/mol. The van der Waals surface area contributed by atoms with Crippen LogP contribution in [-0.2, 0) is 15.1 Å². The van der Waals surface area contributed by atoms with Crippen molar-refractivity contribution in [1.29, 1.82) is 0 Å². The zero-order valence-corrected chi connectivity index (χ0v) is 39.8. The number of amides is 1. The van der Waals surface area contributed by atoms with Crippen LogP contribution in [0.5, 0.6) is 23.0 Å². The van der Waals surface area contributed by atoms with Crippen molar-refractivity contribution in [2.75, 3.05) is 18.4 Å². The van der Waals surface area contributed by atoms with Crippen molar-refractivity contribution in [3.05, 3.63) is 88.5 Å². The number of carbonyl (C=O) groups excluding carboxylic acids is 2. The molecule has 10 nitrogen and oxygen atoms in total. The Balaban J connectivity index is 0.702. The Hall–Kier alpha value is -4.77. The van der Waals surface area contributed by atoms with Gasteiger partial charge in [0.25, 0.3) is 0 Å². The Morgan fingerprint density at radius 1 is 0.831 bits per heavy atom. The first-order valence-electron chi connectivity index (χ1n) is 24.6. The number of ether oxygens (including phenoxy) is 3. The van der Waals surface area contributed by atoms with Gasteiger partial charge in [0.1, 0.15) is 29.1 Å². The van der Waals surface area contributed by atoms with Crippen molar-refractivity contribution in [2.24, 2.45) is 46.3 Å². The number of allylic oxidation sites excluding steroid dienone is 1. The lowest BCUT2D eigenvalue weighted by atomic mass is 9.47. The Labute approximate surface area is 390 Å². The van der Waals surface area contributed by atoms with Gasteiger partial charge in [-0.1, -0.05) is 71.6 Å². The summed E-state index contributed by atoms with van der Waals surface area (Å²) in [5.74, 6) is 5.05. The van der Waals surface area contributed by atoms with E-state index in [9.17, 15) is 19.8 Å². The van der Waals surface area contributed by atoms with E-state index in [-0.39, 0.29) is 29.1 Å². The zero-order chi connectivity index (χ0) is 45.7. The highest BCUT2D eigenvalue weighted by molar-refractivity contribution is 7.80. The molecular weight excluding hydrogens is 835 g/mol. The quantitative estimate of drug-likeness (QED) is 0.0488. The highest BCUT2D eigenvalue weighted by Crippen LogP contribution is 2.67. The number of hydrogen-bond acceptors (Lipinski definition) is 8. The minimum Gasteiger partial charge on any atom is -0.508 e. The maximum Gasteiger partial charge on any atom is 0.407 e. The van der Waals surface area contributed by atoms with Crippen LogP contribution in [0.4, 0.5) is 10.5 Å². The Morgan fingerprint density at radius 2 is 1.54 bits per heavy atom. The van der Waals surface area contributed by atoms with Gasteiger partial charge in [0.2, 0.25) is 0 Å². The van der Waals surface area contributed by atoms with Crippen LogP contribution in [0.25, 0.3) is 0 Å². The number of rotatable bonds is 13. The van der Waals surface area contributed by atoms with Crippen molar-refractivity contribution >= 4 is 35.1 Å². The Morgan fingerprint density at radius 3 is 2.26 bits per heavy atom. The summed E-state index contributed by atoms with van der Waals surface area (Å²) in [6, 6.07) is 14.8. The van der Waals surface area contributed by atoms with Gasteiger partial charge in [-0.3, -0.25) is 0 Å². The number of benzene rings is 3. The van der Waals surface area contributed by atoms with Crippen LogP contribution < -0.4 is 20.7 Å². The minimum absolute atomic E-state index is 0.00136. The van der Waals surface area contributed by atoms with Gasteiger partial charge in [0, 0.05) is 54.0 Å². The number of phenols is 2. The molecule has 348 valence electrons. The normalized spacial score (nSPS) is 28.2. The summed E-state index contributed by atoms with van der Waals surface area (Å²) in [7, 11) is 0. The third kappa shape index (κ3) is 8.48. The standard InChI is InChI=1S/C54H69N3O7S/c1-32(2)10-9-11-33(3)41-20-21-42-39-16-12-34-28-38(22-24-52(34,4)43(39)23-25-53(41,42)5)62-51(61)56-27-8-6-7-26-55-50(65)57-35-13-17-44-40(29-35)49(60)64-54(44)45-18-14-36(58)30-47(45)63-48-31-37(59)15-19-46(48)54/h12-15,17-19,29-33,38-39,41-43,58-59H,6-11,16,20-28H2,1-5H3,(H,56,61)(H2,55,57,65)/t33-,38+,39+,41-,42+,43+,52+,53-/m1/s1. The number of fused-ring (bicyclic) bond motifs is 11. The van der Waals surface area contributed by atoms with Crippen LogP contribution in [-0.4, -0.2) is 46.6 Å². The largest absolute Gasteiger partial charge is 0.508 e. The van der Waals surface area contributed by atoms with Gasteiger partial charge in [0.15, 0.2) is 10.7 Å². The molecule has 4 aliphatic carbocycles. The number of thiocarbonyl (C=S) groups is 1. The smallest absolute Gasteiger partial charge is 0.407 e. The van der Waals surface area contributed by atoms with Gasteiger partial charge in [-0.25, -0.2) is 9.59 Å². The molecule has 0 bridgehead atoms. The summed E-state index contributed by atoms with van der Waals surface area (Å²) in [5, 5.41) is 30.3. The van der Waals surface area contributed by atoms with Gasteiger partial charge >= 0.3 is 12.1 Å². The van der Waals surface area contributed by atoms with Crippen molar-refractivity contribution in [3.63, 3.8) is 0 Å². The van der Waals surface area contributed by atoms with Gasteiger partial charge in [-0.05, 0) is 159 Å². The molecule has 3 saturated carbocycles. The lowest BCUT2D eigenvalue weighted by Crippen LogP contribution is -2.51. The number of carbonyl (C=O) groups is 2. The van der Waals surface area contributed by atoms with Crippen molar-refractivity contribution in [1.82, 2.24) is 10.6 Å². The molecule has 6 aliphatic rings. The van der Waals surface area contributed by atoms with E-state index in [4.69, 9.17) is 26.4 Å². The second kappa shape index (κ2) is 18.1. The first-order chi connectivity index (χ1) is 31.2. The minimum atomic E-state index is -1.32. The fourth-order valence-corrected chi connectivity index (χ4v) is 13.9. The van der Waals surface area contributed by atoms with Gasteiger partial charge in [0.05, 0.1) is 5.56 Å². The number of anilines is 1. The van der Waals surface area contributed by atoms with Crippen molar-refractivity contribution in [2.45, 2.75) is 136 Å². The van der Waals surface area contributed by atoms with E-state index in [1.54, 1.807) is 23.8 Å². The van der Waals surface area contributed by atoms with Crippen LogP contribution in [0, 0.1) is 46.3 Å². The molecule has 1 amide bonds. The molecular formula is C54H69N3O7S. The third-order valence-corrected chi connectivity index (χ3v) is 17.2. The lowest BCUT2D eigenvalue weighted by Gasteiger charge is -2.58. The van der Waals surface area contributed by atoms with E-state index in [1.807, 2.05) is 12.1 Å². The van der Waals surface area contributed by atoms with Crippen LogP contribution in [0.3, 0.4) is 0 Å². The second-order valence-electron chi connectivity index (χ2n) is 21.2. The molecule has 3 fully saturated rings. The highest BCUT2D eigenvalue weighted by atomic mass is 32.1. The molecule has 65 heavy (non-hydrogen) atoms. The molecule has 9 rings (SSSR count). The van der Waals surface area contributed by atoms with Crippen LogP contribution in [0.2, 0.25) is 0 Å². The fraction of sp³-hybridized carbons (Fsp3) is 0.574. The maximum absolute atomic E-state index is 13.5. The molecule has 8 atom stereocenters. The number of alkyl carbamates (subject to hydrolysis) is 1. The third-order valence-electron chi connectivity index (χ3n) is 17.0. The molecule has 0 saturated heterocycles. The average Bonchev–Trinajstić information content (AvgIpc) is 3.76. The predicted octanol–water partition coefficient (Wildman–Crippen LogP) is 12.3. The number of esters is 1. The fourth-order valence-electron chi connectivity index (χ4n) is 13.7. The maximum atomic E-state index is 13.5. The van der Waals surface area contributed by atoms with E-state index < -0.39 is 11.6 Å². The number of aromatic hydroxyl groups is 2. The molecule has 0 radical (unpaired) electrons. The van der Waals surface area contributed by atoms with E-state index in [0.29, 0.717) is 63.1 Å². The highest BCUT2D eigenvalue weighted by Gasteiger charge is 2.59. The second-order valence-corrected chi connectivity index (χ2v) is 21.6. The Kier molecular flexibility index (Phi) is 12.7. The first kappa shape index (κ1) is 45.4. The Bertz CT molecular complexity index is 2290. The van der Waals surface area contributed by atoms with Crippen LogP contribution in [0.1, 0.15) is 152 Å². The van der Waals surface area contributed by atoms with Gasteiger partial charge in [-0.15, -0.1) is 0 Å². The molecule has 3 aromatic carbocycles. The first-order valence-corrected chi connectivity index (χ1v) is 25.0. The predicted molar refractivity (Wildman–Crippen MR) is 257 cm³/mol. The van der Waals surface area contributed by atoms with E-state index in [1.165, 1.54) is 75.6 Å². The van der Waals surface area contributed by atoms with Crippen LogP contribution in [0.15, 0.2) is 66.2 Å². The summed E-state index contributed by atoms with van der Waals surface area (Å²) in [6.07, 6.45) is 18.6. The summed E-state index contributed by atoms with van der Waals surface area (Å²) < 4.78 is 18.3. The number of hydrogen-bond donors (Lipinski definition) is 5. The monoisotopic (exact) mass is 903 g/mol. The van der Waals surface area contributed by atoms with Gasteiger partial charge in [-0.2, -0.15) is 0 Å². The molecule has 2 aliphatic heterocycles. The number of unbranched alkanes of at least 4 members (excludes halogenated alkanes) is 2. The van der Waals surface area contributed by atoms with E-state index in [2.05, 4.69) is 56.6 Å². The summed E-state index contributed by atoms with van der Waals surface area (Å²) in [4.78, 5) is 26.4. The molecule has 2 heterocycles. The molecule has 0 aromatic heterocycles. The molecule has 3 aromatic rings. The lowest BCUT2D eigenvalue weighted by molar-refractivity contribution is -0.0581. The summed E-state index contributed by atoms with van der Waals surface area (Å²) in [6.45, 7) is 13.7. The van der Waals surface area contributed by atoms with E-state index in [0.717, 1.165) is 74.0 Å². The van der Waals surface area contributed by atoms with Gasteiger partial charge < -0.3 is 40.4 Å². The van der Waals surface area contributed by atoms with Crippen molar-refractivity contribution in [3.8, 4) is 23.0 Å². The molecule has 5 N–H and O–H groups in total. The SMILES string of the molecule is CC(C)CCC[C@@H](C)[C@H]1CC[C@H]2[C@@H]3CC=C4C[C@@H](OC(=O)NCCCCCNC(=S)Nc5ccc6c(c5)C(=O)OC65c6ccc(O)cc6Oc6cc(O)ccc65)CC[C@]4(C)[C@H]3CC[C@]12C. The number of nitrogens with one attached hydrogen (secondary N) is 3. The number of phenolic OH excluding ortho intramolecular Hbond substituents is 2. The van der Waals surface area contributed by atoms with Crippen molar-refractivity contribution < 1.29 is 34.0 Å².